The minimum atomic E-state index is -0.591. The Labute approximate surface area is 179 Å². The van der Waals surface area contributed by atoms with Crippen LogP contribution in [0.15, 0.2) is 24.5 Å². The van der Waals surface area contributed by atoms with Crippen molar-refractivity contribution in [3.05, 3.63) is 35.8 Å². The van der Waals surface area contributed by atoms with Gasteiger partial charge in [0.1, 0.15) is 18.2 Å². The van der Waals surface area contributed by atoms with Crippen molar-refractivity contribution in [2.24, 2.45) is 5.73 Å². The molecule has 9 nitrogen and oxygen atoms in total. The van der Waals surface area contributed by atoms with E-state index >= 15 is 0 Å². The highest BCUT2D eigenvalue weighted by Gasteiger charge is 2.23. The standard InChI is InChI=1S/C22H25N5O4/c1-11(2)31-18-7-15-14(6-16(18)20(23)29)17(21-24-8-12(3)26-21)9-25-22(15)30-10-13-4-5-19(28)27-13/h6-9,11,13H,4-5,10H2,1-3H3,(H2,23,29)(H,24,26)(H,27,28). The van der Waals surface area contributed by atoms with Crippen LogP contribution >= 0.6 is 0 Å². The number of nitrogens with one attached hydrogen (secondary N) is 2. The number of primary amides is 1. The minimum absolute atomic E-state index is 0.0219. The Morgan fingerprint density at radius 2 is 2.13 bits per heavy atom. The number of benzene rings is 1. The topological polar surface area (TPSA) is 132 Å². The molecule has 9 heteroatoms. The van der Waals surface area contributed by atoms with E-state index in [0.717, 1.165) is 5.69 Å². The van der Waals surface area contributed by atoms with E-state index in [1.165, 1.54) is 0 Å². The Bertz CT molecular complexity index is 1150. The van der Waals surface area contributed by atoms with Crippen LogP contribution in [0, 0.1) is 6.92 Å². The van der Waals surface area contributed by atoms with Gasteiger partial charge in [-0.05, 0) is 39.3 Å². The number of ether oxygens (including phenoxy) is 2. The number of aromatic nitrogens is 3. The van der Waals surface area contributed by atoms with Gasteiger partial charge in [0, 0.05) is 35.2 Å². The lowest BCUT2D eigenvalue weighted by atomic mass is 10.0. The molecule has 1 unspecified atom stereocenters. The molecular formula is C22H25N5O4. The van der Waals surface area contributed by atoms with Crippen molar-refractivity contribution < 1.29 is 19.1 Å². The van der Waals surface area contributed by atoms with Gasteiger partial charge in [-0.2, -0.15) is 0 Å². The SMILES string of the molecule is Cc1c[nH]c(-c2cnc(OCC3CCC(=O)N3)c3cc(OC(C)C)c(C(N)=O)cc23)n1. The number of fused-ring (bicyclic) bond motifs is 1. The molecule has 4 rings (SSSR count). The fourth-order valence-electron chi connectivity index (χ4n) is 3.62. The summed E-state index contributed by atoms with van der Waals surface area (Å²) in [6.45, 7) is 5.92. The summed E-state index contributed by atoms with van der Waals surface area (Å²) in [6, 6.07) is 3.35. The van der Waals surface area contributed by atoms with Crippen LogP contribution in [0.1, 0.15) is 42.7 Å². The van der Waals surface area contributed by atoms with E-state index in [0.29, 0.717) is 53.2 Å². The number of hydrogen-bond donors (Lipinski definition) is 3. The summed E-state index contributed by atoms with van der Waals surface area (Å²) < 4.78 is 11.8. The lowest BCUT2D eigenvalue weighted by Crippen LogP contribution is -2.31. The van der Waals surface area contributed by atoms with Crippen molar-refractivity contribution in [1.82, 2.24) is 20.3 Å². The smallest absolute Gasteiger partial charge is 0.252 e. The monoisotopic (exact) mass is 423 g/mol. The van der Waals surface area contributed by atoms with Gasteiger partial charge >= 0.3 is 0 Å². The van der Waals surface area contributed by atoms with Crippen molar-refractivity contribution in [3.63, 3.8) is 0 Å². The Kier molecular flexibility index (Phi) is 5.50. The molecule has 1 saturated heterocycles. The number of nitrogens with two attached hydrogens (primary N) is 1. The van der Waals surface area contributed by atoms with Crippen molar-refractivity contribution >= 4 is 22.6 Å². The summed E-state index contributed by atoms with van der Waals surface area (Å²) >= 11 is 0. The van der Waals surface area contributed by atoms with E-state index in [1.54, 1.807) is 24.5 Å². The predicted molar refractivity (Wildman–Crippen MR) is 115 cm³/mol. The zero-order valence-corrected chi connectivity index (χ0v) is 17.7. The average molecular weight is 423 g/mol. The molecule has 3 aromatic rings. The second kappa shape index (κ2) is 8.25. The number of rotatable bonds is 7. The minimum Gasteiger partial charge on any atom is -0.490 e. The number of imidazole rings is 1. The molecule has 2 aromatic heterocycles. The van der Waals surface area contributed by atoms with Gasteiger partial charge in [0.05, 0.1) is 23.4 Å². The molecule has 1 aliphatic rings. The second-order valence-corrected chi connectivity index (χ2v) is 7.91. The summed E-state index contributed by atoms with van der Waals surface area (Å²) in [5.41, 5.74) is 7.45. The van der Waals surface area contributed by atoms with Crippen LogP contribution in [0.2, 0.25) is 0 Å². The van der Waals surface area contributed by atoms with E-state index in [4.69, 9.17) is 15.2 Å². The molecule has 3 heterocycles. The molecule has 4 N–H and O–H groups in total. The molecule has 0 saturated carbocycles. The van der Waals surface area contributed by atoms with E-state index < -0.39 is 5.91 Å². The molecule has 0 aliphatic carbocycles. The number of H-pyrrole nitrogens is 1. The van der Waals surface area contributed by atoms with Crippen molar-refractivity contribution in [3.8, 4) is 23.0 Å². The highest BCUT2D eigenvalue weighted by Crippen LogP contribution is 2.36. The lowest BCUT2D eigenvalue weighted by Gasteiger charge is -2.17. The van der Waals surface area contributed by atoms with Crippen molar-refractivity contribution in [2.75, 3.05) is 6.61 Å². The van der Waals surface area contributed by atoms with Crippen LogP contribution in [0.5, 0.6) is 11.6 Å². The number of nitrogens with zero attached hydrogens (tertiary/aromatic N) is 2. The van der Waals surface area contributed by atoms with Crippen LogP contribution < -0.4 is 20.5 Å². The maximum atomic E-state index is 12.1. The lowest BCUT2D eigenvalue weighted by molar-refractivity contribution is -0.119. The Hall–Kier alpha value is -3.62. The first kappa shape index (κ1) is 20.6. The highest BCUT2D eigenvalue weighted by molar-refractivity contribution is 6.05. The van der Waals surface area contributed by atoms with E-state index in [-0.39, 0.29) is 23.6 Å². The third-order valence-corrected chi connectivity index (χ3v) is 5.05. The molecule has 1 fully saturated rings. The predicted octanol–water partition coefficient (Wildman–Crippen LogP) is 2.48. The van der Waals surface area contributed by atoms with E-state index in [9.17, 15) is 9.59 Å². The molecule has 0 spiro atoms. The zero-order valence-electron chi connectivity index (χ0n) is 17.7. The number of pyridine rings is 1. The highest BCUT2D eigenvalue weighted by atomic mass is 16.5. The van der Waals surface area contributed by atoms with Gasteiger partial charge in [-0.3, -0.25) is 9.59 Å². The van der Waals surface area contributed by atoms with Crippen LogP contribution in [0.3, 0.4) is 0 Å². The van der Waals surface area contributed by atoms with Crippen LogP contribution in [-0.2, 0) is 4.79 Å². The maximum Gasteiger partial charge on any atom is 0.252 e. The number of carbonyl (C=O) groups is 2. The van der Waals surface area contributed by atoms with E-state index in [1.807, 2.05) is 20.8 Å². The van der Waals surface area contributed by atoms with Crippen LogP contribution in [-0.4, -0.2) is 45.5 Å². The third kappa shape index (κ3) is 4.30. The van der Waals surface area contributed by atoms with Crippen LogP contribution in [0.25, 0.3) is 22.2 Å². The van der Waals surface area contributed by atoms with Gasteiger partial charge in [-0.15, -0.1) is 0 Å². The summed E-state index contributed by atoms with van der Waals surface area (Å²) in [6.07, 6.45) is 4.50. The largest absolute Gasteiger partial charge is 0.490 e. The Morgan fingerprint density at radius 3 is 2.74 bits per heavy atom. The normalized spacial score (nSPS) is 16.0. The molecule has 0 radical (unpaired) electrons. The number of carbonyl (C=O) groups excluding carboxylic acids is 2. The number of amides is 2. The van der Waals surface area contributed by atoms with Gasteiger partial charge in [-0.25, -0.2) is 9.97 Å². The van der Waals surface area contributed by atoms with E-state index in [2.05, 4.69) is 20.3 Å². The van der Waals surface area contributed by atoms with Gasteiger partial charge in [0.25, 0.3) is 5.91 Å². The molecular weight excluding hydrogens is 398 g/mol. The van der Waals surface area contributed by atoms with Gasteiger partial charge in [0.15, 0.2) is 0 Å². The summed E-state index contributed by atoms with van der Waals surface area (Å²) in [5.74, 6) is 0.801. The average Bonchev–Trinajstić information content (AvgIpc) is 3.33. The van der Waals surface area contributed by atoms with Crippen molar-refractivity contribution in [1.29, 1.82) is 0 Å². The molecule has 1 aliphatic heterocycles. The maximum absolute atomic E-state index is 12.1. The molecule has 0 bridgehead atoms. The third-order valence-electron chi connectivity index (χ3n) is 5.05. The fraction of sp³-hybridized carbons (Fsp3) is 0.364. The molecule has 162 valence electrons. The first-order valence-electron chi connectivity index (χ1n) is 10.2. The molecule has 31 heavy (non-hydrogen) atoms. The Balaban J connectivity index is 1.83. The van der Waals surface area contributed by atoms with Gasteiger partial charge in [-0.1, -0.05) is 0 Å². The first-order valence-corrected chi connectivity index (χ1v) is 10.2. The zero-order chi connectivity index (χ0) is 22.1. The summed E-state index contributed by atoms with van der Waals surface area (Å²) in [7, 11) is 0. The second-order valence-electron chi connectivity index (χ2n) is 7.91. The quantitative estimate of drug-likeness (QED) is 0.535. The molecule has 1 aromatic carbocycles. The number of aromatic amines is 1. The van der Waals surface area contributed by atoms with Crippen LogP contribution in [0.4, 0.5) is 0 Å². The number of hydrogen-bond acceptors (Lipinski definition) is 6. The Morgan fingerprint density at radius 1 is 1.32 bits per heavy atom. The number of aryl methyl sites for hydroxylation is 1. The van der Waals surface area contributed by atoms with Gasteiger partial charge < -0.3 is 25.5 Å². The summed E-state index contributed by atoms with van der Waals surface area (Å²) in [4.78, 5) is 35.7. The summed E-state index contributed by atoms with van der Waals surface area (Å²) in [5, 5.41) is 4.25. The first-order chi connectivity index (χ1) is 14.8. The molecule has 2 amide bonds. The fourth-order valence-corrected chi connectivity index (χ4v) is 3.62. The van der Waals surface area contributed by atoms with Crippen molar-refractivity contribution in [2.45, 2.75) is 45.8 Å². The van der Waals surface area contributed by atoms with Gasteiger partial charge in [0.2, 0.25) is 11.8 Å². The molecule has 1 atom stereocenters.